The average molecular weight is 356 g/mol. The van der Waals surface area contributed by atoms with Gasteiger partial charge in [0.1, 0.15) is 22.5 Å². The van der Waals surface area contributed by atoms with Crippen LogP contribution in [0.25, 0.3) is 21.9 Å². The van der Waals surface area contributed by atoms with Crippen LogP contribution in [0.5, 0.6) is 23.0 Å². The molecule has 0 saturated heterocycles. The predicted octanol–water partition coefficient (Wildman–Crippen LogP) is 3.84. The highest BCUT2D eigenvalue weighted by Crippen LogP contribution is 2.44. The highest BCUT2D eigenvalue weighted by Gasteiger charge is 2.29. The maximum absolute atomic E-state index is 13.0. The van der Waals surface area contributed by atoms with Gasteiger partial charge in [0.25, 0.3) is 0 Å². The maximum atomic E-state index is 13.0. The summed E-state index contributed by atoms with van der Waals surface area (Å²) in [6.45, 7) is 7.59. The van der Waals surface area contributed by atoms with Crippen molar-refractivity contribution in [3.8, 4) is 23.0 Å². The number of benzene rings is 2. The summed E-state index contributed by atoms with van der Waals surface area (Å²) in [5.74, 6) is -0.0125. The van der Waals surface area contributed by atoms with Crippen LogP contribution in [-0.2, 0) is 5.41 Å². The van der Waals surface area contributed by atoms with E-state index in [1.807, 2.05) is 13.8 Å². The van der Waals surface area contributed by atoms with E-state index < -0.39 is 10.8 Å². The van der Waals surface area contributed by atoms with Gasteiger partial charge in [0.2, 0.25) is 11.2 Å². The Kier molecular flexibility index (Phi) is 4.06. The molecule has 0 radical (unpaired) electrons. The Hall–Kier alpha value is -3.15. The predicted molar refractivity (Wildman–Crippen MR) is 99.6 cm³/mol. The number of rotatable bonds is 4. The zero-order valence-corrected chi connectivity index (χ0v) is 15.0. The van der Waals surface area contributed by atoms with Crippen LogP contribution in [0.3, 0.4) is 0 Å². The second-order valence-electron chi connectivity index (χ2n) is 6.53. The van der Waals surface area contributed by atoms with E-state index >= 15 is 0 Å². The second-order valence-corrected chi connectivity index (χ2v) is 6.53. The molecule has 1 heterocycles. The van der Waals surface area contributed by atoms with Crippen molar-refractivity contribution in [2.75, 3.05) is 14.2 Å². The lowest BCUT2D eigenvalue weighted by atomic mass is 9.82. The summed E-state index contributed by atoms with van der Waals surface area (Å²) in [6.07, 6.45) is 1.69. The molecule has 0 amide bonds. The Morgan fingerprint density at radius 2 is 1.77 bits per heavy atom. The summed E-state index contributed by atoms with van der Waals surface area (Å²) in [6, 6.07) is 4.34. The van der Waals surface area contributed by atoms with E-state index in [1.54, 1.807) is 6.08 Å². The van der Waals surface area contributed by atoms with Crippen LogP contribution >= 0.6 is 0 Å². The average Bonchev–Trinajstić information content (AvgIpc) is 2.61. The van der Waals surface area contributed by atoms with Crippen LogP contribution in [0.4, 0.5) is 0 Å². The fourth-order valence-corrected chi connectivity index (χ4v) is 3.05. The van der Waals surface area contributed by atoms with Gasteiger partial charge in [-0.25, -0.2) is 0 Å². The van der Waals surface area contributed by atoms with Crippen LogP contribution < -0.4 is 14.9 Å². The van der Waals surface area contributed by atoms with Gasteiger partial charge >= 0.3 is 0 Å². The molecule has 0 saturated carbocycles. The van der Waals surface area contributed by atoms with Crippen molar-refractivity contribution >= 4 is 21.9 Å². The maximum Gasteiger partial charge on any atom is 0.204 e. The first kappa shape index (κ1) is 17.7. The fraction of sp³-hybridized carbons (Fsp3) is 0.250. The molecule has 0 spiro atoms. The van der Waals surface area contributed by atoms with Gasteiger partial charge in [-0.15, -0.1) is 6.58 Å². The minimum Gasteiger partial charge on any atom is -0.507 e. The SMILES string of the molecule is C=CC(C)(C)c1c(OC)cc(O)c2c(=O)c3ccc(OC)c(O)c3oc12. The number of allylic oxidation sites excluding steroid dienone is 1. The van der Waals surface area contributed by atoms with E-state index in [0.29, 0.717) is 11.3 Å². The molecule has 3 aromatic rings. The molecule has 1 aromatic heterocycles. The van der Waals surface area contributed by atoms with Crippen molar-refractivity contribution in [3.05, 3.63) is 46.6 Å². The first-order valence-electron chi connectivity index (χ1n) is 7.97. The molecule has 3 rings (SSSR count). The van der Waals surface area contributed by atoms with Gasteiger partial charge in [0, 0.05) is 17.0 Å². The summed E-state index contributed by atoms with van der Waals surface area (Å²) in [5.41, 5.74) is -0.428. The third-order valence-electron chi connectivity index (χ3n) is 4.59. The lowest BCUT2D eigenvalue weighted by molar-refractivity contribution is 0.372. The van der Waals surface area contributed by atoms with Crippen LogP contribution in [0.1, 0.15) is 19.4 Å². The molecule has 0 aliphatic rings. The highest BCUT2D eigenvalue weighted by molar-refractivity contribution is 5.98. The zero-order valence-electron chi connectivity index (χ0n) is 15.0. The molecular formula is C20H20O6. The largest absolute Gasteiger partial charge is 0.507 e. The van der Waals surface area contributed by atoms with Gasteiger partial charge in [0.15, 0.2) is 11.3 Å². The van der Waals surface area contributed by atoms with Gasteiger partial charge < -0.3 is 24.1 Å². The molecular weight excluding hydrogens is 336 g/mol. The van der Waals surface area contributed by atoms with Gasteiger partial charge in [0.05, 0.1) is 19.6 Å². The van der Waals surface area contributed by atoms with Gasteiger partial charge in [-0.3, -0.25) is 4.79 Å². The summed E-state index contributed by atoms with van der Waals surface area (Å²) in [5, 5.41) is 21.0. The molecule has 136 valence electrons. The standard InChI is InChI=1S/C20H20O6/c1-6-20(2,3)15-13(25-5)9-11(21)14-16(22)10-7-8-12(24-4)17(23)18(10)26-19(14)15/h6-9,21,23H,1H2,2-5H3. The van der Waals surface area contributed by atoms with Crippen LogP contribution in [0.2, 0.25) is 0 Å². The Morgan fingerprint density at radius 3 is 2.35 bits per heavy atom. The third-order valence-corrected chi connectivity index (χ3v) is 4.59. The number of hydrogen-bond acceptors (Lipinski definition) is 6. The summed E-state index contributed by atoms with van der Waals surface area (Å²) >= 11 is 0. The van der Waals surface area contributed by atoms with Crippen molar-refractivity contribution in [2.45, 2.75) is 19.3 Å². The number of hydrogen-bond donors (Lipinski definition) is 2. The Balaban J connectivity index is 2.64. The Labute approximate surface area is 149 Å². The number of ether oxygens (including phenoxy) is 2. The molecule has 0 atom stereocenters. The quantitative estimate of drug-likeness (QED) is 0.545. The minimum atomic E-state index is -0.630. The molecule has 2 aromatic carbocycles. The lowest BCUT2D eigenvalue weighted by Gasteiger charge is -2.24. The lowest BCUT2D eigenvalue weighted by Crippen LogP contribution is -2.17. The van der Waals surface area contributed by atoms with E-state index in [4.69, 9.17) is 13.9 Å². The smallest absolute Gasteiger partial charge is 0.204 e. The summed E-state index contributed by atoms with van der Waals surface area (Å²) < 4.78 is 16.4. The van der Waals surface area contributed by atoms with E-state index in [2.05, 4.69) is 6.58 Å². The van der Waals surface area contributed by atoms with Crippen molar-refractivity contribution in [2.24, 2.45) is 0 Å². The molecule has 6 heteroatoms. The van der Waals surface area contributed by atoms with Crippen molar-refractivity contribution in [3.63, 3.8) is 0 Å². The molecule has 0 bridgehead atoms. The molecule has 0 aliphatic heterocycles. The minimum absolute atomic E-state index is 0.0179. The van der Waals surface area contributed by atoms with Crippen molar-refractivity contribution in [1.29, 1.82) is 0 Å². The Bertz CT molecular complexity index is 1090. The van der Waals surface area contributed by atoms with Gasteiger partial charge in [-0.05, 0) is 12.1 Å². The second kappa shape index (κ2) is 5.98. The molecule has 26 heavy (non-hydrogen) atoms. The first-order chi connectivity index (χ1) is 12.3. The van der Waals surface area contributed by atoms with Crippen LogP contribution in [0, 0.1) is 0 Å². The van der Waals surface area contributed by atoms with Gasteiger partial charge in [-0.2, -0.15) is 0 Å². The number of phenols is 2. The van der Waals surface area contributed by atoms with Crippen molar-refractivity contribution in [1.82, 2.24) is 0 Å². The van der Waals surface area contributed by atoms with E-state index in [0.717, 1.165) is 0 Å². The number of methoxy groups -OCH3 is 2. The topological polar surface area (TPSA) is 89.1 Å². The third kappa shape index (κ3) is 2.37. The van der Waals surface area contributed by atoms with Crippen molar-refractivity contribution < 1.29 is 24.1 Å². The van der Waals surface area contributed by atoms with Crippen LogP contribution in [0.15, 0.2) is 40.1 Å². The Morgan fingerprint density at radius 1 is 1.12 bits per heavy atom. The fourth-order valence-electron chi connectivity index (χ4n) is 3.05. The highest BCUT2D eigenvalue weighted by atomic mass is 16.5. The van der Waals surface area contributed by atoms with E-state index in [-0.39, 0.29) is 39.2 Å². The molecule has 0 unspecified atom stereocenters. The molecule has 0 aliphatic carbocycles. The number of aromatic hydroxyl groups is 2. The number of fused-ring (bicyclic) bond motifs is 2. The molecule has 0 fully saturated rings. The van der Waals surface area contributed by atoms with Crippen LogP contribution in [-0.4, -0.2) is 24.4 Å². The monoisotopic (exact) mass is 356 g/mol. The normalized spacial score (nSPS) is 11.7. The van der Waals surface area contributed by atoms with E-state index in [9.17, 15) is 15.0 Å². The zero-order chi connectivity index (χ0) is 19.2. The van der Waals surface area contributed by atoms with E-state index in [1.165, 1.54) is 32.4 Å². The molecule has 2 N–H and O–H groups in total. The molecule has 6 nitrogen and oxygen atoms in total. The number of phenolic OH excluding ortho intramolecular Hbond substituents is 2. The van der Waals surface area contributed by atoms with Gasteiger partial charge in [-0.1, -0.05) is 19.9 Å². The summed E-state index contributed by atoms with van der Waals surface area (Å²) in [4.78, 5) is 13.0. The summed E-state index contributed by atoms with van der Waals surface area (Å²) in [7, 11) is 2.87. The first-order valence-corrected chi connectivity index (χ1v) is 7.97.